The quantitative estimate of drug-likeness (QED) is 0.0361. The fourth-order valence-electron chi connectivity index (χ4n) is 6.84. The van der Waals surface area contributed by atoms with E-state index in [1.807, 2.05) is 0 Å². The second kappa shape index (κ2) is 39.2. The van der Waals surface area contributed by atoms with Crippen LogP contribution in [0.15, 0.2) is 0 Å². The topological polar surface area (TPSA) is 131 Å². The minimum atomic E-state index is -4.31. The van der Waals surface area contributed by atoms with Crippen molar-refractivity contribution in [3.8, 4) is 0 Å². The number of phosphoric ester groups is 1. The Morgan fingerprint density at radius 1 is 0.569 bits per heavy atom. The summed E-state index contributed by atoms with van der Waals surface area (Å²) < 4.78 is 22.2. The molecule has 0 bridgehead atoms. The molecule has 5 N–H and O–H groups in total. The molecule has 0 heterocycles. The third kappa shape index (κ3) is 37.6. The Hall–Kier alpha value is -0.500. The van der Waals surface area contributed by atoms with Crippen LogP contribution in [0.2, 0.25) is 0 Å². The molecule has 0 radical (unpaired) electrons. The van der Waals surface area contributed by atoms with Gasteiger partial charge in [-0.25, -0.2) is 4.57 Å². The fraction of sp³-hybridized carbons (Fsp3) is 0.976. The maximum Gasteiger partial charge on any atom is 0.472 e. The predicted molar refractivity (Wildman–Crippen MR) is 217 cm³/mol. The van der Waals surface area contributed by atoms with Gasteiger partial charge in [-0.3, -0.25) is 13.8 Å². The van der Waals surface area contributed by atoms with Crippen LogP contribution >= 0.6 is 7.82 Å². The van der Waals surface area contributed by atoms with Gasteiger partial charge in [-0.05, 0) is 12.8 Å². The lowest BCUT2D eigenvalue weighted by Gasteiger charge is -2.25. The Morgan fingerprint density at radius 2 is 0.902 bits per heavy atom. The molecule has 3 atom stereocenters. The fourth-order valence-corrected chi connectivity index (χ4v) is 7.60. The number of carbonyl (C=O) groups is 1. The van der Waals surface area contributed by atoms with Crippen LogP contribution in [0.1, 0.15) is 232 Å². The smallest absolute Gasteiger partial charge is 0.391 e. The maximum atomic E-state index is 12.7. The molecule has 0 aliphatic heterocycles. The first kappa shape index (κ1) is 50.5. The van der Waals surface area contributed by atoms with Gasteiger partial charge in [0.25, 0.3) is 0 Å². The number of phosphoric acid groups is 1. The molecule has 0 aliphatic carbocycles. The molecule has 0 aromatic carbocycles. The SMILES string of the molecule is CCCCCCCCCCCCCCCCCCCCCC(O)C(COP(=O)(O)OCCN)NC(=O)CCCCCCCCCCCCCCC. The van der Waals surface area contributed by atoms with Crippen LogP contribution in [-0.4, -0.2) is 47.8 Å². The summed E-state index contributed by atoms with van der Waals surface area (Å²) in [5.41, 5.74) is 5.38. The molecular formula is C42H87N2O6P. The van der Waals surface area contributed by atoms with Crippen molar-refractivity contribution in [1.82, 2.24) is 5.32 Å². The van der Waals surface area contributed by atoms with Gasteiger partial charge in [0.2, 0.25) is 5.91 Å². The van der Waals surface area contributed by atoms with Gasteiger partial charge in [0.15, 0.2) is 0 Å². The van der Waals surface area contributed by atoms with Crippen molar-refractivity contribution in [1.29, 1.82) is 0 Å². The molecule has 0 saturated heterocycles. The van der Waals surface area contributed by atoms with Gasteiger partial charge >= 0.3 is 7.82 Å². The molecule has 306 valence electrons. The molecule has 0 rings (SSSR count). The van der Waals surface area contributed by atoms with Crippen molar-refractivity contribution in [2.24, 2.45) is 5.73 Å². The molecule has 0 aromatic heterocycles. The van der Waals surface area contributed by atoms with E-state index in [-0.39, 0.29) is 25.7 Å². The van der Waals surface area contributed by atoms with E-state index < -0.39 is 20.0 Å². The van der Waals surface area contributed by atoms with Crippen molar-refractivity contribution in [2.45, 2.75) is 244 Å². The molecular weight excluding hydrogens is 659 g/mol. The van der Waals surface area contributed by atoms with Crippen molar-refractivity contribution < 1.29 is 28.4 Å². The van der Waals surface area contributed by atoms with Crippen molar-refractivity contribution in [2.75, 3.05) is 19.8 Å². The van der Waals surface area contributed by atoms with Crippen LogP contribution < -0.4 is 11.1 Å². The standard InChI is InChI=1S/C42H87N2O6P/c1-3-5-7-9-11-13-15-17-18-19-20-21-22-24-25-27-29-31-33-35-41(45)40(39-50-51(47,48)49-38-37-43)44-42(46)36-34-32-30-28-26-23-16-14-12-10-8-6-4-2/h40-41,45H,3-39,43H2,1-2H3,(H,44,46)(H,47,48). The lowest BCUT2D eigenvalue weighted by atomic mass is 10.0. The maximum absolute atomic E-state index is 12.7. The van der Waals surface area contributed by atoms with E-state index in [0.29, 0.717) is 12.8 Å². The highest BCUT2D eigenvalue weighted by Crippen LogP contribution is 2.43. The van der Waals surface area contributed by atoms with Gasteiger partial charge in [-0.2, -0.15) is 0 Å². The molecule has 8 nitrogen and oxygen atoms in total. The first-order valence-corrected chi connectivity index (χ1v) is 23.6. The summed E-state index contributed by atoms with van der Waals surface area (Å²) in [5.74, 6) is -0.158. The van der Waals surface area contributed by atoms with Crippen LogP contribution in [0.5, 0.6) is 0 Å². The van der Waals surface area contributed by atoms with E-state index in [0.717, 1.165) is 38.5 Å². The summed E-state index contributed by atoms with van der Waals surface area (Å²) in [6, 6.07) is -0.767. The summed E-state index contributed by atoms with van der Waals surface area (Å²) >= 11 is 0. The minimum absolute atomic E-state index is 0.0925. The zero-order valence-corrected chi connectivity index (χ0v) is 34.8. The predicted octanol–water partition coefficient (Wildman–Crippen LogP) is 12.2. The zero-order chi connectivity index (χ0) is 37.5. The van der Waals surface area contributed by atoms with Gasteiger partial charge in [-0.15, -0.1) is 0 Å². The molecule has 0 spiro atoms. The molecule has 0 aliphatic rings. The minimum Gasteiger partial charge on any atom is -0.391 e. The Balaban J connectivity index is 4.09. The monoisotopic (exact) mass is 747 g/mol. The van der Waals surface area contributed by atoms with Crippen LogP contribution in [0, 0.1) is 0 Å². The van der Waals surface area contributed by atoms with E-state index >= 15 is 0 Å². The van der Waals surface area contributed by atoms with E-state index in [1.54, 1.807) is 0 Å². The van der Waals surface area contributed by atoms with E-state index in [2.05, 4.69) is 19.2 Å². The summed E-state index contributed by atoms with van der Waals surface area (Å²) in [5, 5.41) is 13.8. The molecule has 0 aromatic rings. The van der Waals surface area contributed by atoms with Crippen molar-refractivity contribution >= 4 is 13.7 Å². The Labute approximate surface area is 316 Å². The largest absolute Gasteiger partial charge is 0.472 e. The summed E-state index contributed by atoms with van der Waals surface area (Å²) in [7, 11) is -4.31. The zero-order valence-electron chi connectivity index (χ0n) is 33.9. The van der Waals surface area contributed by atoms with Gasteiger partial charge < -0.3 is 21.1 Å². The summed E-state index contributed by atoms with van der Waals surface area (Å²) in [4.78, 5) is 22.7. The van der Waals surface area contributed by atoms with Crippen LogP contribution in [-0.2, 0) is 18.4 Å². The Kier molecular flexibility index (Phi) is 38.8. The molecule has 3 unspecified atom stereocenters. The second-order valence-electron chi connectivity index (χ2n) is 15.3. The number of hydrogen-bond acceptors (Lipinski definition) is 6. The number of rotatable bonds is 42. The molecule has 9 heteroatoms. The number of unbranched alkanes of at least 4 members (excludes halogenated alkanes) is 30. The average Bonchev–Trinajstić information content (AvgIpc) is 3.12. The molecule has 1 amide bonds. The highest BCUT2D eigenvalue weighted by atomic mass is 31.2. The normalized spacial score (nSPS) is 14.1. The number of aliphatic hydroxyl groups is 1. The third-order valence-electron chi connectivity index (χ3n) is 10.2. The highest BCUT2D eigenvalue weighted by molar-refractivity contribution is 7.47. The molecule has 0 fully saturated rings. The number of nitrogens with one attached hydrogen (secondary N) is 1. The third-order valence-corrected chi connectivity index (χ3v) is 11.2. The highest BCUT2D eigenvalue weighted by Gasteiger charge is 2.27. The number of amides is 1. The summed E-state index contributed by atoms with van der Waals surface area (Å²) in [6.45, 7) is 4.23. The van der Waals surface area contributed by atoms with Crippen LogP contribution in [0.4, 0.5) is 0 Å². The van der Waals surface area contributed by atoms with E-state index in [4.69, 9.17) is 14.8 Å². The first-order valence-electron chi connectivity index (χ1n) is 22.2. The van der Waals surface area contributed by atoms with Crippen molar-refractivity contribution in [3.63, 3.8) is 0 Å². The van der Waals surface area contributed by atoms with Crippen LogP contribution in [0.25, 0.3) is 0 Å². The van der Waals surface area contributed by atoms with Gasteiger partial charge in [0.1, 0.15) is 0 Å². The van der Waals surface area contributed by atoms with Crippen molar-refractivity contribution in [3.05, 3.63) is 0 Å². The number of nitrogens with two attached hydrogens (primary N) is 1. The van der Waals surface area contributed by atoms with Gasteiger partial charge in [0, 0.05) is 13.0 Å². The Bertz CT molecular complexity index is 774. The summed E-state index contributed by atoms with van der Waals surface area (Å²) in [6.07, 6.45) is 41.1. The molecule has 0 saturated carbocycles. The van der Waals surface area contributed by atoms with E-state index in [1.165, 1.54) is 167 Å². The lowest BCUT2D eigenvalue weighted by molar-refractivity contribution is -0.123. The second-order valence-corrected chi connectivity index (χ2v) is 16.7. The van der Waals surface area contributed by atoms with Crippen LogP contribution in [0.3, 0.4) is 0 Å². The number of aliphatic hydroxyl groups excluding tert-OH is 1. The molecule has 51 heavy (non-hydrogen) atoms. The number of hydrogen-bond donors (Lipinski definition) is 4. The first-order chi connectivity index (χ1) is 24.9. The lowest BCUT2D eigenvalue weighted by Crippen LogP contribution is -2.46. The average molecular weight is 747 g/mol. The van der Waals surface area contributed by atoms with Gasteiger partial charge in [-0.1, -0.05) is 213 Å². The number of carbonyl (C=O) groups excluding carboxylic acids is 1. The van der Waals surface area contributed by atoms with E-state index in [9.17, 15) is 19.4 Å². The Morgan fingerprint density at radius 3 is 1.25 bits per heavy atom. The van der Waals surface area contributed by atoms with Gasteiger partial charge in [0.05, 0.1) is 25.4 Å².